The standard InChI is InChI=1S/C16H16F2N8O/c17-16(18)4-9(5-16)22-13-20-7-21-14(26-13)25-12-19-6-8-3-15(1-2-15)11(27)23-10(8)24-12/h6-7,9H,1-5H2,(H3,19,20,21,22,23,24,25,26,27). The van der Waals surface area contributed by atoms with Gasteiger partial charge in [0, 0.05) is 30.6 Å². The minimum Gasteiger partial charge on any atom is -0.351 e. The molecule has 2 aliphatic carbocycles. The lowest BCUT2D eigenvalue weighted by Crippen LogP contribution is -2.44. The molecule has 1 aliphatic heterocycles. The lowest BCUT2D eigenvalue weighted by molar-refractivity contribution is -0.121. The summed E-state index contributed by atoms with van der Waals surface area (Å²) in [6, 6.07) is -0.361. The molecule has 3 aliphatic rings. The second-order valence-electron chi connectivity index (χ2n) is 7.34. The number of alkyl halides is 2. The molecule has 5 rings (SSSR count). The van der Waals surface area contributed by atoms with Gasteiger partial charge in [-0.1, -0.05) is 0 Å². The topological polar surface area (TPSA) is 118 Å². The largest absolute Gasteiger partial charge is 0.351 e. The van der Waals surface area contributed by atoms with Crippen LogP contribution in [0, 0.1) is 5.41 Å². The van der Waals surface area contributed by atoms with Crippen LogP contribution in [-0.2, 0) is 11.2 Å². The number of carbonyl (C=O) groups excluding carboxylic acids is 1. The molecule has 3 N–H and O–H groups in total. The van der Waals surface area contributed by atoms with E-state index in [4.69, 9.17) is 0 Å². The molecule has 0 unspecified atom stereocenters. The number of rotatable bonds is 4. The first kappa shape index (κ1) is 16.2. The van der Waals surface area contributed by atoms with E-state index in [0.29, 0.717) is 12.2 Å². The van der Waals surface area contributed by atoms with E-state index in [0.717, 1.165) is 18.4 Å². The predicted octanol–water partition coefficient (Wildman–Crippen LogP) is 1.89. The van der Waals surface area contributed by atoms with Gasteiger partial charge in [0.2, 0.25) is 23.8 Å². The van der Waals surface area contributed by atoms with Crippen molar-refractivity contribution in [1.82, 2.24) is 24.9 Å². The number of nitrogens with one attached hydrogen (secondary N) is 3. The Labute approximate surface area is 152 Å². The molecule has 140 valence electrons. The van der Waals surface area contributed by atoms with E-state index >= 15 is 0 Å². The number of halogens is 2. The monoisotopic (exact) mass is 374 g/mol. The Morgan fingerprint density at radius 1 is 1.07 bits per heavy atom. The number of anilines is 4. The van der Waals surface area contributed by atoms with Crippen LogP contribution in [0.5, 0.6) is 0 Å². The fourth-order valence-corrected chi connectivity index (χ4v) is 3.42. The molecule has 0 aromatic carbocycles. The van der Waals surface area contributed by atoms with Crippen molar-refractivity contribution >= 4 is 29.6 Å². The summed E-state index contributed by atoms with van der Waals surface area (Å²) in [5.74, 6) is -1.52. The summed E-state index contributed by atoms with van der Waals surface area (Å²) >= 11 is 0. The molecule has 2 aromatic heterocycles. The third-order valence-corrected chi connectivity index (χ3v) is 5.18. The fourth-order valence-electron chi connectivity index (χ4n) is 3.42. The van der Waals surface area contributed by atoms with Gasteiger partial charge in [0.25, 0.3) is 5.92 Å². The third kappa shape index (κ3) is 3.02. The first-order valence-corrected chi connectivity index (χ1v) is 8.69. The summed E-state index contributed by atoms with van der Waals surface area (Å²) in [7, 11) is 0. The number of hydrogen-bond donors (Lipinski definition) is 3. The molecule has 0 bridgehead atoms. The van der Waals surface area contributed by atoms with Gasteiger partial charge < -0.3 is 10.6 Å². The Morgan fingerprint density at radius 3 is 2.56 bits per heavy atom. The molecular formula is C16H16F2N8O. The number of fused-ring (bicyclic) bond motifs is 1. The van der Waals surface area contributed by atoms with Gasteiger partial charge in [0.15, 0.2) is 0 Å². The predicted molar refractivity (Wildman–Crippen MR) is 90.7 cm³/mol. The second-order valence-corrected chi connectivity index (χ2v) is 7.34. The maximum atomic E-state index is 12.9. The first-order chi connectivity index (χ1) is 12.9. The third-order valence-electron chi connectivity index (χ3n) is 5.18. The highest BCUT2D eigenvalue weighted by Gasteiger charge is 2.52. The Balaban J connectivity index is 1.29. The Hall–Kier alpha value is -2.98. The minimum atomic E-state index is -2.62. The molecule has 0 radical (unpaired) electrons. The van der Waals surface area contributed by atoms with Gasteiger partial charge in [-0.15, -0.1) is 0 Å². The molecule has 0 atom stereocenters. The lowest BCUT2D eigenvalue weighted by Gasteiger charge is -2.35. The quantitative estimate of drug-likeness (QED) is 0.743. The molecule has 9 nitrogen and oxygen atoms in total. The van der Waals surface area contributed by atoms with Crippen molar-refractivity contribution in [3.8, 4) is 0 Å². The fraction of sp³-hybridized carbons (Fsp3) is 0.500. The van der Waals surface area contributed by atoms with E-state index in [2.05, 4.69) is 40.9 Å². The zero-order valence-corrected chi connectivity index (χ0v) is 14.2. The summed E-state index contributed by atoms with van der Waals surface area (Å²) in [5.41, 5.74) is 0.639. The highest BCUT2D eigenvalue weighted by atomic mass is 19.3. The number of nitrogens with zero attached hydrogens (tertiary/aromatic N) is 5. The van der Waals surface area contributed by atoms with Crippen LogP contribution in [0.4, 0.5) is 32.4 Å². The van der Waals surface area contributed by atoms with Crippen LogP contribution in [0.3, 0.4) is 0 Å². The van der Waals surface area contributed by atoms with Gasteiger partial charge in [-0.3, -0.25) is 10.1 Å². The molecular weight excluding hydrogens is 358 g/mol. The summed E-state index contributed by atoms with van der Waals surface area (Å²) in [6.45, 7) is 0. The average Bonchev–Trinajstić information content (AvgIpc) is 3.36. The van der Waals surface area contributed by atoms with Gasteiger partial charge in [0.05, 0.1) is 5.41 Å². The van der Waals surface area contributed by atoms with E-state index in [-0.39, 0.29) is 48.1 Å². The molecule has 2 saturated carbocycles. The number of carbonyl (C=O) groups is 1. The molecule has 27 heavy (non-hydrogen) atoms. The highest BCUT2D eigenvalue weighted by molar-refractivity contribution is 5.99. The van der Waals surface area contributed by atoms with E-state index in [9.17, 15) is 13.6 Å². The minimum absolute atomic E-state index is 0.00333. The Kier molecular flexibility index (Phi) is 3.31. The number of aromatic nitrogens is 5. The van der Waals surface area contributed by atoms with Gasteiger partial charge >= 0.3 is 0 Å². The first-order valence-electron chi connectivity index (χ1n) is 8.69. The van der Waals surface area contributed by atoms with Crippen LogP contribution in [0.25, 0.3) is 0 Å². The van der Waals surface area contributed by atoms with Crippen molar-refractivity contribution < 1.29 is 13.6 Å². The maximum absolute atomic E-state index is 12.9. The molecule has 1 spiro atoms. The van der Waals surface area contributed by atoms with E-state index < -0.39 is 5.92 Å². The Bertz CT molecular complexity index is 924. The summed E-state index contributed by atoms with van der Waals surface area (Å²) in [5, 5.41) is 8.53. The SMILES string of the molecule is O=C1Nc2nc(Nc3ncnc(NC4CC(F)(F)C4)n3)ncc2CC12CC2. The Morgan fingerprint density at radius 2 is 1.81 bits per heavy atom. The zero-order chi connectivity index (χ0) is 18.6. The van der Waals surface area contributed by atoms with Gasteiger partial charge in [-0.05, 0) is 19.3 Å². The summed E-state index contributed by atoms with van der Waals surface area (Å²) in [6.07, 6.45) is 4.91. The van der Waals surface area contributed by atoms with E-state index in [1.165, 1.54) is 6.33 Å². The molecule has 1 amide bonds. The van der Waals surface area contributed by atoms with Crippen LogP contribution >= 0.6 is 0 Å². The van der Waals surface area contributed by atoms with Gasteiger partial charge in [-0.25, -0.2) is 23.7 Å². The summed E-state index contributed by atoms with van der Waals surface area (Å²) in [4.78, 5) is 32.8. The smallest absolute Gasteiger partial charge is 0.252 e. The van der Waals surface area contributed by atoms with Crippen molar-refractivity contribution in [2.45, 2.75) is 44.1 Å². The van der Waals surface area contributed by atoms with E-state index in [1.54, 1.807) is 6.20 Å². The van der Waals surface area contributed by atoms with Crippen molar-refractivity contribution in [3.05, 3.63) is 18.1 Å². The number of amides is 1. The van der Waals surface area contributed by atoms with Crippen LogP contribution in [0.15, 0.2) is 12.5 Å². The maximum Gasteiger partial charge on any atom is 0.252 e. The highest BCUT2D eigenvalue weighted by Crippen LogP contribution is 2.52. The van der Waals surface area contributed by atoms with Crippen molar-refractivity contribution in [1.29, 1.82) is 0 Å². The van der Waals surface area contributed by atoms with Gasteiger partial charge in [0.1, 0.15) is 12.1 Å². The van der Waals surface area contributed by atoms with Crippen LogP contribution in [-0.4, -0.2) is 42.8 Å². The molecule has 2 fully saturated rings. The average molecular weight is 374 g/mol. The second kappa shape index (κ2) is 5.51. The van der Waals surface area contributed by atoms with Crippen LogP contribution < -0.4 is 16.0 Å². The van der Waals surface area contributed by atoms with Crippen molar-refractivity contribution in [2.24, 2.45) is 5.41 Å². The van der Waals surface area contributed by atoms with Crippen molar-refractivity contribution in [3.63, 3.8) is 0 Å². The number of hydrogen-bond acceptors (Lipinski definition) is 8. The zero-order valence-electron chi connectivity index (χ0n) is 14.2. The summed E-state index contributed by atoms with van der Waals surface area (Å²) < 4.78 is 25.8. The van der Waals surface area contributed by atoms with Crippen molar-refractivity contribution in [2.75, 3.05) is 16.0 Å². The van der Waals surface area contributed by atoms with Gasteiger partial charge in [-0.2, -0.15) is 9.97 Å². The van der Waals surface area contributed by atoms with Crippen LogP contribution in [0.1, 0.15) is 31.2 Å². The lowest BCUT2D eigenvalue weighted by atomic mass is 9.88. The molecule has 2 aromatic rings. The molecule has 11 heteroatoms. The van der Waals surface area contributed by atoms with Crippen LogP contribution in [0.2, 0.25) is 0 Å². The normalized spacial score (nSPS) is 21.8. The molecule has 0 saturated heterocycles. The van der Waals surface area contributed by atoms with E-state index in [1.807, 2.05) is 0 Å². The molecule has 3 heterocycles.